The second-order valence-corrected chi connectivity index (χ2v) is 12.8. The molecule has 0 rings (SSSR count). The summed E-state index contributed by atoms with van der Waals surface area (Å²) in [5.41, 5.74) is 0. The molecule has 264 valence electrons. The van der Waals surface area contributed by atoms with Crippen LogP contribution in [0.15, 0.2) is 24.3 Å². The normalized spacial score (nSPS) is 12.0. The third-order valence-corrected chi connectivity index (χ3v) is 8.37. The minimum Gasteiger partial charge on any atom is -0.417 e. The summed E-state index contributed by atoms with van der Waals surface area (Å²) >= 11 is 0. The van der Waals surface area contributed by atoms with Gasteiger partial charge in [-0.2, -0.15) is 0 Å². The van der Waals surface area contributed by atoms with E-state index in [0.29, 0.717) is 12.8 Å². The fraction of sp³-hybridized carbons (Fsp3) is 0.846. The molecule has 0 fully saturated rings. The largest absolute Gasteiger partial charge is 0.417 e. The van der Waals surface area contributed by atoms with Crippen molar-refractivity contribution in [3.8, 4) is 0 Å². The zero-order valence-electron chi connectivity index (χ0n) is 29.6. The van der Waals surface area contributed by atoms with E-state index in [1.807, 2.05) is 0 Å². The minimum atomic E-state index is -2.00. The van der Waals surface area contributed by atoms with E-state index in [1.165, 1.54) is 89.9 Å². The molecule has 0 radical (unpaired) electrons. The molecule has 0 aliphatic carbocycles. The Morgan fingerprint density at radius 3 is 1.00 bits per heavy atom. The van der Waals surface area contributed by atoms with Crippen molar-refractivity contribution in [2.24, 2.45) is 0 Å². The van der Waals surface area contributed by atoms with Crippen molar-refractivity contribution >= 4 is 11.9 Å². The van der Waals surface area contributed by atoms with Crippen LogP contribution in [0, 0.1) is 0 Å². The molecule has 6 heteroatoms. The van der Waals surface area contributed by atoms with E-state index in [-0.39, 0.29) is 12.8 Å². The number of carbonyl (C=O) groups is 2. The quantitative estimate of drug-likeness (QED) is 0.0316. The number of carbonyl (C=O) groups excluding carboxylic acids is 2. The van der Waals surface area contributed by atoms with Gasteiger partial charge in [0.15, 0.2) is 0 Å². The van der Waals surface area contributed by atoms with Gasteiger partial charge in [-0.3, -0.25) is 9.59 Å². The average Bonchev–Trinajstić information content (AvgIpc) is 3.04. The third-order valence-electron chi connectivity index (χ3n) is 8.37. The molecule has 6 nitrogen and oxygen atoms in total. The topological polar surface area (TPSA) is 93.1 Å². The van der Waals surface area contributed by atoms with Crippen molar-refractivity contribution in [3.63, 3.8) is 0 Å². The molecule has 0 aromatic rings. The van der Waals surface area contributed by atoms with Crippen LogP contribution in [-0.2, 0) is 19.1 Å². The van der Waals surface area contributed by atoms with Crippen LogP contribution in [0.25, 0.3) is 0 Å². The zero-order valence-corrected chi connectivity index (χ0v) is 29.6. The number of aliphatic hydroxyl groups excluding tert-OH is 2. The highest BCUT2D eigenvalue weighted by atomic mass is 16.7. The highest BCUT2D eigenvalue weighted by molar-refractivity contribution is 5.72. The second kappa shape index (κ2) is 33.7. The van der Waals surface area contributed by atoms with Crippen molar-refractivity contribution in [1.82, 2.24) is 0 Å². The molecule has 0 saturated heterocycles. The summed E-state index contributed by atoms with van der Waals surface area (Å²) in [6.45, 7) is 2.97. The Labute approximate surface area is 277 Å². The number of allylic oxidation sites excluding steroid dienone is 4. The van der Waals surface area contributed by atoms with Crippen molar-refractivity contribution in [3.05, 3.63) is 24.3 Å². The molecule has 0 unspecified atom stereocenters. The Bertz CT molecular complexity index is 656. The predicted molar refractivity (Wildman–Crippen MR) is 188 cm³/mol. The summed E-state index contributed by atoms with van der Waals surface area (Å²) in [6, 6.07) is 0. The van der Waals surface area contributed by atoms with E-state index < -0.39 is 30.9 Å². The number of aliphatic hydroxyl groups is 2. The van der Waals surface area contributed by atoms with Crippen LogP contribution in [0.3, 0.4) is 0 Å². The molecule has 0 amide bonds. The molecule has 0 aromatic heterocycles. The fourth-order valence-corrected chi connectivity index (χ4v) is 5.40. The van der Waals surface area contributed by atoms with Gasteiger partial charge in [0.05, 0.1) is 0 Å². The lowest BCUT2D eigenvalue weighted by Gasteiger charge is -2.29. The van der Waals surface area contributed by atoms with Gasteiger partial charge in [-0.05, 0) is 64.2 Å². The van der Waals surface area contributed by atoms with Crippen molar-refractivity contribution < 1.29 is 29.3 Å². The second-order valence-electron chi connectivity index (χ2n) is 12.8. The van der Waals surface area contributed by atoms with Gasteiger partial charge < -0.3 is 19.7 Å². The molecular formula is C39H72O6. The summed E-state index contributed by atoms with van der Waals surface area (Å²) < 4.78 is 10.5. The molecule has 2 N–H and O–H groups in total. The van der Waals surface area contributed by atoms with Gasteiger partial charge >= 0.3 is 17.7 Å². The van der Waals surface area contributed by atoms with Crippen molar-refractivity contribution in [2.45, 2.75) is 199 Å². The molecule has 0 bridgehead atoms. The van der Waals surface area contributed by atoms with Gasteiger partial charge in [-0.1, -0.05) is 141 Å². The van der Waals surface area contributed by atoms with Crippen LogP contribution in [0.4, 0.5) is 0 Å². The lowest BCUT2D eigenvalue weighted by molar-refractivity contribution is -0.252. The van der Waals surface area contributed by atoms with Gasteiger partial charge in [-0.25, -0.2) is 0 Å². The van der Waals surface area contributed by atoms with E-state index in [0.717, 1.165) is 64.2 Å². The zero-order chi connectivity index (χ0) is 33.1. The lowest BCUT2D eigenvalue weighted by Crippen LogP contribution is -2.47. The van der Waals surface area contributed by atoms with E-state index >= 15 is 0 Å². The van der Waals surface area contributed by atoms with Gasteiger partial charge in [0.2, 0.25) is 0 Å². The predicted octanol–water partition coefficient (Wildman–Crippen LogP) is 10.8. The maximum absolute atomic E-state index is 12.3. The standard InChI is InChI=1S/C39H72O6/c1-3-5-7-9-11-13-15-17-19-21-23-25-27-29-31-33-37(42)44-39(35-40,36-41)45-38(43)34-32-30-28-26-24-22-20-18-16-14-12-10-8-6-4-2/h17-20,40-41H,3-16,21-36H2,1-2H3/b19-17-,20-18-. The highest BCUT2D eigenvalue weighted by Gasteiger charge is 2.37. The van der Waals surface area contributed by atoms with Crippen molar-refractivity contribution in [2.75, 3.05) is 13.2 Å². The number of ether oxygens (including phenoxy) is 2. The Morgan fingerprint density at radius 1 is 0.444 bits per heavy atom. The molecular weight excluding hydrogens is 564 g/mol. The highest BCUT2D eigenvalue weighted by Crippen LogP contribution is 2.18. The van der Waals surface area contributed by atoms with Crippen LogP contribution < -0.4 is 0 Å². The molecule has 0 aromatic carbocycles. The van der Waals surface area contributed by atoms with Crippen LogP contribution in [0.1, 0.15) is 194 Å². The van der Waals surface area contributed by atoms with Crippen LogP contribution in [0.5, 0.6) is 0 Å². The number of esters is 2. The molecule has 0 spiro atoms. The number of hydrogen-bond donors (Lipinski definition) is 2. The first kappa shape index (κ1) is 43.3. The first-order chi connectivity index (χ1) is 22.0. The Kier molecular flexibility index (Phi) is 32.5. The number of unbranched alkanes of at least 4 members (excludes halogenated alkanes) is 22. The first-order valence-electron chi connectivity index (χ1n) is 19.0. The van der Waals surface area contributed by atoms with Gasteiger partial charge in [-0.15, -0.1) is 0 Å². The molecule has 0 aliphatic heterocycles. The third kappa shape index (κ3) is 29.5. The van der Waals surface area contributed by atoms with Crippen LogP contribution >= 0.6 is 0 Å². The van der Waals surface area contributed by atoms with E-state index in [2.05, 4.69) is 38.2 Å². The van der Waals surface area contributed by atoms with Gasteiger partial charge in [0.25, 0.3) is 0 Å². The maximum atomic E-state index is 12.3. The van der Waals surface area contributed by atoms with E-state index in [9.17, 15) is 19.8 Å². The SMILES string of the molecule is CCCCCCCC/C=C\CCCCCCCC(=O)OC(CO)(CO)OC(=O)CCCCCCC/C=C\CCCCCCCC. The molecule has 45 heavy (non-hydrogen) atoms. The Morgan fingerprint density at radius 2 is 0.711 bits per heavy atom. The summed E-state index contributed by atoms with van der Waals surface area (Å²) in [7, 11) is 0. The smallest absolute Gasteiger partial charge is 0.309 e. The number of rotatable bonds is 34. The van der Waals surface area contributed by atoms with E-state index in [4.69, 9.17) is 9.47 Å². The minimum absolute atomic E-state index is 0.172. The Balaban J connectivity index is 3.85. The van der Waals surface area contributed by atoms with E-state index in [1.54, 1.807) is 0 Å². The summed E-state index contributed by atoms with van der Waals surface area (Å²) in [5.74, 6) is -3.13. The first-order valence-corrected chi connectivity index (χ1v) is 19.0. The maximum Gasteiger partial charge on any atom is 0.309 e. The van der Waals surface area contributed by atoms with Crippen LogP contribution in [-0.4, -0.2) is 41.2 Å². The van der Waals surface area contributed by atoms with Crippen LogP contribution in [0.2, 0.25) is 0 Å². The monoisotopic (exact) mass is 637 g/mol. The van der Waals surface area contributed by atoms with Gasteiger partial charge in [0.1, 0.15) is 13.2 Å². The van der Waals surface area contributed by atoms with Crippen molar-refractivity contribution in [1.29, 1.82) is 0 Å². The molecule has 0 atom stereocenters. The summed E-state index contributed by atoms with van der Waals surface area (Å²) in [4.78, 5) is 24.7. The lowest BCUT2D eigenvalue weighted by atomic mass is 10.1. The summed E-state index contributed by atoms with van der Waals surface area (Å²) in [5, 5.41) is 19.5. The number of hydrogen-bond acceptors (Lipinski definition) is 6. The molecule has 0 heterocycles. The average molecular weight is 637 g/mol. The molecule has 0 saturated carbocycles. The molecule has 0 aliphatic rings. The van der Waals surface area contributed by atoms with Gasteiger partial charge in [0, 0.05) is 12.8 Å². The summed E-state index contributed by atoms with van der Waals surface area (Å²) in [6.07, 6.45) is 40.0. The fourth-order valence-electron chi connectivity index (χ4n) is 5.40. The Hall–Kier alpha value is -1.66.